The van der Waals surface area contributed by atoms with E-state index in [1.54, 1.807) is 5.57 Å². The van der Waals surface area contributed by atoms with E-state index in [-0.39, 0.29) is 0 Å². The molecule has 1 fully saturated rings. The number of hydrogen-bond acceptors (Lipinski definition) is 1. The Morgan fingerprint density at radius 2 is 1.78 bits per heavy atom. The lowest BCUT2D eigenvalue weighted by atomic mass is 9.49. The molecule has 1 nitrogen and oxygen atoms in total. The Hall–Kier alpha value is -1.28. The standard InChI is InChI=1S/C24H27Cl2N/c1-24(2)19-12-11-18(21(24)13-19)15-27(3)14-16-7-9-17(10-8-16)20-5-4-6-22(25)23(20)26/h4-11,19,21H,12-15H2,1-3H3/t19-,21-/m0/s1. The molecule has 0 amide bonds. The number of allylic oxidation sites excluding steroid dienone is 1. The Bertz CT molecular complexity index is 866. The number of rotatable bonds is 5. The molecule has 0 N–H and O–H groups in total. The molecule has 1 saturated carbocycles. The number of halogens is 2. The van der Waals surface area contributed by atoms with E-state index in [1.165, 1.54) is 18.4 Å². The summed E-state index contributed by atoms with van der Waals surface area (Å²) in [6.45, 7) is 6.91. The van der Waals surface area contributed by atoms with Gasteiger partial charge in [-0.15, -0.1) is 0 Å². The molecule has 2 aromatic carbocycles. The van der Waals surface area contributed by atoms with Gasteiger partial charge in [-0.1, -0.05) is 85.1 Å². The first kappa shape index (κ1) is 19.1. The second kappa shape index (κ2) is 7.28. The summed E-state index contributed by atoms with van der Waals surface area (Å²) in [4.78, 5) is 2.43. The molecule has 3 aliphatic carbocycles. The Balaban J connectivity index is 1.41. The normalized spacial score (nSPS) is 23.1. The highest BCUT2D eigenvalue weighted by Gasteiger charge is 2.50. The maximum atomic E-state index is 6.35. The van der Waals surface area contributed by atoms with Crippen molar-refractivity contribution in [3.63, 3.8) is 0 Å². The highest BCUT2D eigenvalue weighted by molar-refractivity contribution is 6.43. The molecule has 2 aromatic rings. The minimum Gasteiger partial charge on any atom is -0.298 e. The van der Waals surface area contributed by atoms with Gasteiger partial charge in [-0.2, -0.15) is 0 Å². The second-order valence-corrected chi connectivity index (χ2v) is 9.58. The monoisotopic (exact) mass is 399 g/mol. The van der Waals surface area contributed by atoms with Crippen molar-refractivity contribution in [2.75, 3.05) is 13.6 Å². The van der Waals surface area contributed by atoms with E-state index >= 15 is 0 Å². The van der Waals surface area contributed by atoms with Crippen molar-refractivity contribution in [2.45, 2.75) is 33.2 Å². The third kappa shape index (κ3) is 3.58. The van der Waals surface area contributed by atoms with Crippen molar-refractivity contribution in [3.05, 3.63) is 69.7 Å². The Kier molecular flexibility index (Phi) is 5.14. The predicted molar refractivity (Wildman–Crippen MR) is 116 cm³/mol. The van der Waals surface area contributed by atoms with Gasteiger partial charge in [0.25, 0.3) is 0 Å². The summed E-state index contributed by atoms with van der Waals surface area (Å²) in [5.74, 6) is 1.69. The second-order valence-electron chi connectivity index (χ2n) is 8.79. The first-order valence-electron chi connectivity index (χ1n) is 9.77. The number of benzene rings is 2. The third-order valence-corrected chi connectivity index (χ3v) is 7.52. The lowest BCUT2D eigenvalue weighted by molar-refractivity contribution is -0.0101. The highest BCUT2D eigenvalue weighted by Crippen LogP contribution is 2.59. The summed E-state index contributed by atoms with van der Waals surface area (Å²) in [7, 11) is 2.22. The molecule has 0 spiro atoms. The molecule has 0 aliphatic heterocycles. The smallest absolute Gasteiger partial charge is 0.0670 e. The van der Waals surface area contributed by atoms with Crippen LogP contribution >= 0.6 is 23.2 Å². The van der Waals surface area contributed by atoms with E-state index in [1.807, 2.05) is 18.2 Å². The molecule has 2 bridgehead atoms. The molecular formula is C24H27Cl2N. The SMILES string of the molecule is CN(CC1=CC[C@H]2C[C@@H]1C2(C)C)Cc1ccc(-c2cccc(Cl)c2Cl)cc1. The van der Waals surface area contributed by atoms with Crippen molar-refractivity contribution in [3.8, 4) is 11.1 Å². The molecule has 3 heteroatoms. The van der Waals surface area contributed by atoms with Crippen molar-refractivity contribution >= 4 is 23.2 Å². The molecule has 0 saturated heterocycles. The topological polar surface area (TPSA) is 3.24 Å². The van der Waals surface area contributed by atoms with Crippen LogP contribution in [0.1, 0.15) is 32.3 Å². The largest absolute Gasteiger partial charge is 0.298 e. The predicted octanol–water partition coefficient (Wildman–Crippen LogP) is 7.08. The van der Waals surface area contributed by atoms with Crippen molar-refractivity contribution in [1.82, 2.24) is 4.90 Å². The van der Waals surface area contributed by atoms with Crippen LogP contribution < -0.4 is 0 Å². The summed E-state index contributed by atoms with van der Waals surface area (Å²) in [6.07, 6.45) is 5.16. The highest BCUT2D eigenvalue weighted by atomic mass is 35.5. The van der Waals surface area contributed by atoms with Crippen LogP contribution in [0.4, 0.5) is 0 Å². The molecule has 0 heterocycles. The third-order valence-electron chi connectivity index (χ3n) is 6.70. The lowest BCUT2D eigenvalue weighted by Gasteiger charge is -2.57. The van der Waals surface area contributed by atoms with E-state index in [4.69, 9.17) is 23.2 Å². The first-order valence-corrected chi connectivity index (χ1v) is 10.5. The summed E-state index contributed by atoms with van der Waals surface area (Å²) in [6, 6.07) is 14.4. The van der Waals surface area contributed by atoms with E-state index < -0.39 is 0 Å². The van der Waals surface area contributed by atoms with Crippen LogP contribution in [0.2, 0.25) is 10.0 Å². The van der Waals surface area contributed by atoms with Crippen LogP contribution in [-0.2, 0) is 6.54 Å². The van der Waals surface area contributed by atoms with Gasteiger partial charge < -0.3 is 0 Å². The summed E-state index contributed by atoms with van der Waals surface area (Å²) in [5, 5.41) is 1.22. The summed E-state index contributed by atoms with van der Waals surface area (Å²) >= 11 is 12.5. The Morgan fingerprint density at radius 1 is 1.04 bits per heavy atom. The average Bonchev–Trinajstić information content (AvgIpc) is 2.64. The quantitative estimate of drug-likeness (QED) is 0.485. The van der Waals surface area contributed by atoms with Gasteiger partial charge in [-0.25, -0.2) is 0 Å². The fraction of sp³-hybridized carbons (Fsp3) is 0.417. The molecule has 0 aromatic heterocycles. The molecular weight excluding hydrogens is 373 g/mol. The minimum absolute atomic E-state index is 0.503. The molecule has 2 atom stereocenters. The van der Waals surface area contributed by atoms with E-state index in [9.17, 15) is 0 Å². The van der Waals surface area contributed by atoms with Crippen LogP contribution in [0.15, 0.2) is 54.1 Å². The van der Waals surface area contributed by atoms with Crippen molar-refractivity contribution < 1.29 is 0 Å². The molecule has 5 rings (SSSR count). The van der Waals surface area contributed by atoms with Gasteiger partial charge >= 0.3 is 0 Å². The number of nitrogens with zero attached hydrogens (tertiary/aromatic N) is 1. The van der Waals surface area contributed by atoms with Gasteiger partial charge in [-0.05, 0) is 54.3 Å². The fourth-order valence-electron chi connectivity index (χ4n) is 4.85. The molecule has 0 unspecified atom stereocenters. The summed E-state index contributed by atoms with van der Waals surface area (Å²) < 4.78 is 0. The number of hydrogen-bond donors (Lipinski definition) is 0. The van der Waals surface area contributed by atoms with Gasteiger partial charge in [0, 0.05) is 18.7 Å². The molecule has 142 valence electrons. The van der Waals surface area contributed by atoms with Gasteiger partial charge in [0.2, 0.25) is 0 Å². The van der Waals surface area contributed by atoms with E-state index in [0.29, 0.717) is 15.5 Å². The number of likely N-dealkylation sites (N-methyl/N-ethyl adjacent to an activating group) is 1. The maximum Gasteiger partial charge on any atom is 0.0670 e. The minimum atomic E-state index is 0.503. The van der Waals surface area contributed by atoms with Crippen LogP contribution in [0.5, 0.6) is 0 Å². The van der Waals surface area contributed by atoms with Crippen LogP contribution in [0.25, 0.3) is 11.1 Å². The Morgan fingerprint density at radius 3 is 2.44 bits per heavy atom. The van der Waals surface area contributed by atoms with Crippen LogP contribution in [0.3, 0.4) is 0 Å². The van der Waals surface area contributed by atoms with Crippen LogP contribution in [-0.4, -0.2) is 18.5 Å². The van der Waals surface area contributed by atoms with Crippen molar-refractivity contribution in [1.29, 1.82) is 0 Å². The van der Waals surface area contributed by atoms with Crippen LogP contribution in [0, 0.1) is 17.3 Å². The van der Waals surface area contributed by atoms with Gasteiger partial charge in [0.15, 0.2) is 0 Å². The molecule has 3 aliphatic rings. The van der Waals surface area contributed by atoms with Gasteiger partial charge in [0.1, 0.15) is 0 Å². The van der Waals surface area contributed by atoms with E-state index in [0.717, 1.165) is 36.1 Å². The van der Waals surface area contributed by atoms with E-state index in [2.05, 4.69) is 56.1 Å². The molecule has 0 radical (unpaired) electrons. The van der Waals surface area contributed by atoms with Crippen molar-refractivity contribution in [2.24, 2.45) is 17.3 Å². The Labute approximate surface area is 173 Å². The zero-order chi connectivity index (χ0) is 19.2. The molecule has 27 heavy (non-hydrogen) atoms. The maximum absolute atomic E-state index is 6.35. The number of fused-ring (bicyclic) bond motifs is 1. The summed E-state index contributed by atoms with van der Waals surface area (Å²) in [5.41, 5.74) is 5.56. The fourth-order valence-corrected chi connectivity index (χ4v) is 5.26. The van der Waals surface area contributed by atoms with Gasteiger partial charge in [-0.3, -0.25) is 4.90 Å². The van der Waals surface area contributed by atoms with Gasteiger partial charge in [0.05, 0.1) is 10.0 Å². The lowest BCUT2D eigenvalue weighted by Crippen LogP contribution is -2.49. The average molecular weight is 400 g/mol. The zero-order valence-electron chi connectivity index (χ0n) is 16.3. The first-order chi connectivity index (χ1) is 12.9. The zero-order valence-corrected chi connectivity index (χ0v) is 17.8.